The van der Waals surface area contributed by atoms with Gasteiger partial charge in [0.1, 0.15) is 0 Å². The van der Waals surface area contributed by atoms with Gasteiger partial charge in [-0.05, 0) is 30.9 Å². The first-order valence-corrected chi connectivity index (χ1v) is 9.95. The lowest BCUT2D eigenvalue weighted by atomic mass is 10.2. The zero-order chi connectivity index (χ0) is 18.1. The molecule has 6 nitrogen and oxygen atoms in total. The van der Waals surface area contributed by atoms with Gasteiger partial charge in [0.2, 0.25) is 11.8 Å². The molecule has 4 rings (SSSR count). The Bertz CT molecular complexity index is 890. The van der Waals surface area contributed by atoms with Crippen molar-refractivity contribution in [1.82, 2.24) is 9.55 Å². The molecular formula is C19H21N3O3S. The number of hydrogen-bond acceptors (Lipinski definition) is 5. The molecule has 1 aromatic carbocycles. The van der Waals surface area contributed by atoms with Crippen molar-refractivity contribution in [2.24, 2.45) is 0 Å². The lowest BCUT2D eigenvalue weighted by Gasteiger charge is -2.19. The Balaban J connectivity index is 1.53. The van der Waals surface area contributed by atoms with E-state index < -0.39 is 0 Å². The standard InChI is InChI=1S/C19H21N3O3S/c23-16-11-17(24)22(14-6-2-3-7-14)19(20-16)26-12-18(25)21-10-9-13-5-1-4-8-15(13)21/h1,4-5,8,11,14,23H,2-3,6-7,9-10,12H2. The van der Waals surface area contributed by atoms with Crippen molar-refractivity contribution in [3.8, 4) is 5.88 Å². The zero-order valence-electron chi connectivity index (χ0n) is 14.4. The quantitative estimate of drug-likeness (QED) is 0.661. The summed E-state index contributed by atoms with van der Waals surface area (Å²) in [6.07, 6.45) is 4.92. The highest BCUT2D eigenvalue weighted by atomic mass is 32.2. The number of para-hydroxylation sites is 1. The van der Waals surface area contributed by atoms with E-state index in [2.05, 4.69) is 4.98 Å². The van der Waals surface area contributed by atoms with E-state index in [0.29, 0.717) is 11.7 Å². The largest absolute Gasteiger partial charge is 0.493 e. The van der Waals surface area contributed by atoms with E-state index in [0.717, 1.165) is 43.9 Å². The fourth-order valence-corrected chi connectivity index (χ4v) is 4.80. The minimum absolute atomic E-state index is 0.00415. The van der Waals surface area contributed by atoms with Crippen LogP contribution < -0.4 is 10.5 Å². The van der Waals surface area contributed by atoms with E-state index in [-0.39, 0.29) is 29.1 Å². The van der Waals surface area contributed by atoms with Gasteiger partial charge in [-0.2, -0.15) is 4.98 Å². The molecule has 1 aliphatic heterocycles. The lowest BCUT2D eigenvalue weighted by molar-refractivity contribution is -0.116. The highest BCUT2D eigenvalue weighted by molar-refractivity contribution is 7.99. The zero-order valence-corrected chi connectivity index (χ0v) is 15.2. The number of carbonyl (C=O) groups excluding carboxylic acids is 1. The number of thioether (sulfide) groups is 1. The molecule has 1 aliphatic carbocycles. The Morgan fingerprint density at radius 1 is 1.27 bits per heavy atom. The number of carbonyl (C=O) groups is 1. The summed E-state index contributed by atoms with van der Waals surface area (Å²) in [6.45, 7) is 0.682. The van der Waals surface area contributed by atoms with Crippen LogP contribution in [0.5, 0.6) is 5.88 Å². The first-order chi connectivity index (χ1) is 12.6. The molecule has 1 saturated carbocycles. The highest BCUT2D eigenvalue weighted by Crippen LogP contribution is 2.33. The molecule has 7 heteroatoms. The highest BCUT2D eigenvalue weighted by Gasteiger charge is 2.26. The smallest absolute Gasteiger partial charge is 0.258 e. The molecule has 136 valence electrons. The van der Waals surface area contributed by atoms with Gasteiger partial charge in [-0.25, -0.2) is 0 Å². The SMILES string of the molecule is O=C(CSc1nc(O)cc(=O)n1C1CCCC1)N1CCc2ccccc21. The molecule has 1 fully saturated rings. The molecule has 2 aliphatic rings. The first-order valence-electron chi connectivity index (χ1n) is 8.97. The van der Waals surface area contributed by atoms with Crippen LogP contribution in [0.15, 0.2) is 40.3 Å². The molecule has 0 saturated heterocycles. The summed E-state index contributed by atoms with van der Waals surface area (Å²) in [5.74, 6) is -0.0991. The Hall–Kier alpha value is -2.28. The van der Waals surface area contributed by atoms with Crippen LogP contribution in [0.3, 0.4) is 0 Å². The van der Waals surface area contributed by atoms with Crippen LogP contribution in [0.1, 0.15) is 37.3 Å². The second-order valence-electron chi connectivity index (χ2n) is 6.76. The van der Waals surface area contributed by atoms with Gasteiger partial charge in [-0.1, -0.05) is 42.8 Å². The Morgan fingerprint density at radius 3 is 2.85 bits per heavy atom. The third-order valence-corrected chi connectivity index (χ3v) is 6.05. The number of anilines is 1. The van der Waals surface area contributed by atoms with E-state index in [1.807, 2.05) is 24.3 Å². The van der Waals surface area contributed by atoms with E-state index >= 15 is 0 Å². The second-order valence-corrected chi connectivity index (χ2v) is 7.70. The van der Waals surface area contributed by atoms with Crippen molar-refractivity contribution in [1.29, 1.82) is 0 Å². The second kappa shape index (κ2) is 7.15. The van der Waals surface area contributed by atoms with Crippen molar-refractivity contribution < 1.29 is 9.90 Å². The van der Waals surface area contributed by atoms with Crippen molar-refractivity contribution in [3.05, 3.63) is 46.2 Å². The van der Waals surface area contributed by atoms with Crippen LogP contribution >= 0.6 is 11.8 Å². The molecule has 0 bridgehead atoms. The molecule has 2 heterocycles. The maximum atomic E-state index is 12.7. The Kier molecular flexibility index (Phi) is 4.72. The number of nitrogens with zero attached hydrogens (tertiary/aromatic N) is 3. The van der Waals surface area contributed by atoms with Crippen LogP contribution in [0.2, 0.25) is 0 Å². The molecule has 0 unspecified atom stereocenters. The van der Waals surface area contributed by atoms with E-state index in [1.165, 1.54) is 17.3 Å². The molecule has 0 radical (unpaired) electrons. The fourth-order valence-electron chi connectivity index (χ4n) is 3.86. The summed E-state index contributed by atoms with van der Waals surface area (Å²) in [5, 5.41) is 10.2. The Morgan fingerprint density at radius 2 is 2.04 bits per heavy atom. The van der Waals surface area contributed by atoms with Gasteiger partial charge in [0.05, 0.1) is 11.8 Å². The van der Waals surface area contributed by atoms with Crippen LogP contribution in [0.25, 0.3) is 0 Å². The molecule has 26 heavy (non-hydrogen) atoms. The molecule has 1 aromatic heterocycles. The lowest BCUT2D eigenvalue weighted by Crippen LogP contribution is -2.31. The summed E-state index contributed by atoms with van der Waals surface area (Å²) in [7, 11) is 0. The van der Waals surface area contributed by atoms with Gasteiger partial charge in [0.15, 0.2) is 5.16 Å². The predicted molar refractivity (Wildman–Crippen MR) is 101 cm³/mol. The van der Waals surface area contributed by atoms with Crippen LogP contribution in [0.4, 0.5) is 5.69 Å². The minimum Gasteiger partial charge on any atom is -0.493 e. The van der Waals surface area contributed by atoms with Gasteiger partial charge >= 0.3 is 0 Å². The average molecular weight is 371 g/mol. The number of aromatic hydroxyl groups is 1. The predicted octanol–water partition coefficient (Wildman–Crippen LogP) is 2.75. The first kappa shape index (κ1) is 17.1. The number of benzene rings is 1. The number of amides is 1. The van der Waals surface area contributed by atoms with Gasteiger partial charge in [0, 0.05) is 18.3 Å². The minimum atomic E-state index is -0.286. The van der Waals surface area contributed by atoms with Crippen molar-refractivity contribution in [3.63, 3.8) is 0 Å². The third-order valence-electron chi connectivity index (χ3n) is 5.11. The average Bonchev–Trinajstić information content (AvgIpc) is 3.28. The number of fused-ring (bicyclic) bond motifs is 1. The number of hydrogen-bond donors (Lipinski definition) is 1. The summed E-state index contributed by atoms with van der Waals surface area (Å²) in [4.78, 5) is 31.0. The van der Waals surface area contributed by atoms with Gasteiger partial charge in [0.25, 0.3) is 5.56 Å². The van der Waals surface area contributed by atoms with Crippen LogP contribution in [0, 0.1) is 0 Å². The monoisotopic (exact) mass is 371 g/mol. The molecule has 1 N–H and O–H groups in total. The van der Waals surface area contributed by atoms with E-state index in [1.54, 1.807) is 9.47 Å². The van der Waals surface area contributed by atoms with Gasteiger partial charge in [-0.15, -0.1) is 0 Å². The summed E-state index contributed by atoms with van der Waals surface area (Å²) >= 11 is 1.23. The number of aromatic nitrogens is 2. The topological polar surface area (TPSA) is 75.4 Å². The Labute approximate surface area is 155 Å². The van der Waals surface area contributed by atoms with Gasteiger partial charge in [-0.3, -0.25) is 14.2 Å². The molecular weight excluding hydrogens is 350 g/mol. The van der Waals surface area contributed by atoms with Crippen molar-refractivity contribution >= 4 is 23.4 Å². The van der Waals surface area contributed by atoms with Crippen molar-refractivity contribution in [2.45, 2.75) is 43.3 Å². The maximum Gasteiger partial charge on any atom is 0.258 e. The molecule has 2 aromatic rings. The summed E-state index contributed by atoms with van der Waals surface area (Å²) in [5.41, 5.74) is 1.91. The molecule has 0 spiro atoms. The summed E-state index contributed by atoms with van der Waals surface area (Å²) < 4.78 is 1.66. The van der Waals surface area contributed by atoms with Crippen LogP contribution in [-0.2, 0) is 11.2 Å². The van der Waals surface area contributed by atoms with E-state index in [9.17, 15) is 14.7 Å². The van der Waals surface area contributed by atoms with Crippen LogP contribution in [-0.4, -0.2) is 32.9 Å². The third kappa shape index (κ3) is 3.23. The van der Waals surface area contributed by atoms with Crippen molar-refractivity contribution in [2.75, 3.05) is 17.2 Å². The van der Waals surface area contributed by atoms with Gasteiger partial charge < -0.3 is 10.0 Å². The fraction of sp³-hybridized carbons (Fsp3) is 0.421. The normalized spacial score (nSPS) is 16.8. The number of rotatable bonds is 4. The molecule has 1 amide bonds. The van der Waals surface area contributed by atoms with E-state index in [4.69, 9.17) is 0 Å². The summed E-state index contributed by atoms with van der Waals surface area (Å²) in [6, 6.07) is 9.20. The molecule has 0 atom stereocenters. The maximum absolute atomic E-state index is 12.7.